The first-order valence-electron chi connectivity index (χ1n) is 5.75. The van der Waals surface area contributed by atoms with Crippen molar-refractivity contribution >= 4 is 11.7 Å². The zero-order valence-electron chi connectivity index (χ0n) is 10.4. The monoisotopic (exact) mass is 255 g/mol. The minimum Gasteiger partial charge on any atom is -0.289 e. The smallest absolute Gasteiger partial charge is 0.274 e. The molecule has 0 unspecified atom stereocenters. The molecule has 4 nitrogen and oxygen atoms in total. The second kappa shape index (κ2) is 5.93. The lowest BCUT2D eigenvalue weighted by atomic mass is 10.0. The average molecular weight is 255 g/mol. The molecule has 2 aromatic carbocycles. The van der Waals surface area contributed by atoms with Crippen LogP contribution in [0.25, 0.3) is 0 Å². The predicted molar refractivity (Wildman–Crippen MR) is 70.8 cm³/mol. The van der Waals surface area contributed by atoms with Crippen molar-refractivity contribution in [1.82, 2.24) is 5.48 Å². The van der Waals surface area contributed by atoms with Gasteiger partial charge in [-0.05, 0) is 12.1 Å². The molecule has 0 bridgehead atoms. The highest BCUT2D eigenvalue weighted by molar-refractivity contribution is 6.10. The first kappa shape index (κ1) is 13.0. The molecule has 0 heterocycles. The maximum Gasteiger partial charge on any atom is 0.274 e. The Kier molecular flexibility index (Phi) is 4.05. The van der Waals surface area contributed by atoms with Crippen LogP contribution in [-0.4, -0.2) is 18.8 Å². The van der Waals surface area contributed by atoms with Gasteiger partial charge in [0.15, 0.2) is 5.78 Å². The van der Waals surface area contributed by atoms with E-state index in [1.807, 2.05) is 6.07 Å². The summed E-state index contributed by atoms with van der Waals surface area (Å²) in [5, 5.41) is 0. The SMILES string of the molecule is CONC(=O)c1cccc(C(=O)c2ccccc2)c1. The number of hydrogen-bond donors (Lipinski definition) is 1. The van der Waals surface area contributed by atoms with Crippen LogP contribution in [0.4, 0.5) is 0 Å². The van der Waals surface area contributed by atoms with Crippen LogP contribution in [0.3, 0.4) is 0 Å². The predicted octanol–water partition coefficient (Wildman–Crippen LogP) is 2.21. The summed E-state index contributed by atoms with van der Waals surface area (Å²) in [6, 6.07) is 15.4. The first-order valence-corrected chi connectivity index (χ1v) is 5.75. The van der Waals surface area contributed by atoms with Crippen LogP contribution in [0.5, 0.6) is 0 Å². The van der Waals surface area contributed by atoms with Gasteiger partial charge >= 0.3 is 0 Å². The van der Waals surface area contributed by atoms with Crippen molar-refractivity contribution in [2.24, 2.45) is 0 Å². The number of hydrogen-bond acceptors (Lipinski definition) is 3. The van der Waals surface area contributed by atoms with Gasteiger partial charge in [-0.1, -0.05) is 42.5 Å². The Morgan fingerprint density at radius 1 is 0.895 bits per heavy atom. The van der Waals surface area contributed by atoms with Gasteiger partial charge in [-0.15, -0.1) is 0 Å². The molecule has 0 aliphatic carbocycles. The van der Waals surface area contributed by atoms with E-state index in [2.05, 4.69) is 10.3 Å². The summed E-state index contributed by atoms with van der Waals surface area (Å²) in [5.41, 5.74) is 3.65. The lowest BCUT2D eigenvalue weighted by Gasteiger charge is -2.05. The number of amides is 1. The quantitative estimate of drug-likeness (QED) is 0.673. The minimum absolute atomic E-state index is 0.118. The van der Waals surface area contributed by atoms with Crippen molar-refractivity contribution in [2.75, 3.05) is 7.11 Å². The lowest BCUT2D eigenvalue weighted by molar-refractivity contribution is 0.0537. The molecule has 2 aromatic rings. The van der Waals surface area contributed by atoms with E-state index in [0.717, 1.165) is 0 Å². The summed E-state index contributed by atoms with van der Waals surface area (Å²) < 4.78 is 0. The van der Waals surface area contributed by atoms with Crippen LogP contribution in [-0.2, 0) is 4.84 Å². The fraction of sp³-hybridized carbons (Fsp3) is 0.0667. The standard InChI is InChI=1S/C15H13NO3/c1-19-16-15(18)13-9-5-8-12(10-13)14(17)11-6-3-2-4-7-11/h2-10H,1H3,(H,16,18). The molecule has 4 heteroatoms. The number of rotatable bonds is 4. The largest absolute Gasteiger partial charge is 0.289 e. The van der Waals surface area contributed by atoms with Gasteiger partial charge in [-0.2, -0.15) is 0 Å². The Labute approximate surface area is 111 Å². The molecular weight excluding hydrogens is 242 g/mol. The van der Waals surface area contributed by atoms with E-state index in [-0.39, 0.29) is 11.7 Å². The summed E-state index contributed by atoms with van der Waals surface area (Å²) in [4.78, 5) is 28.4. The average Bonchev–Trinajstić information content (AvgIpc) is 2.48. The number of nitrogens with one attached hydrogen (secondary N) is 1. The molecule has 1 amide bonds. The van der Waals surface area contributed by atoms with E-state index >= 15 is 0 Å². The first-order chi connectivity index (χ1) is 9.22. The van der Waals surface area contributed by atoms with Crippen LogP contribution in [0.2, 0.25) is 0 Å². The van der Waals surface area contributed by atoms with Gasteiger partial charge in [0.25, 0.3) is 5.91 Å². The van der Waals surface area contributed by atoms with Crippen molar-refractivity contribution in [3.05, 3.63) is 71.3 Å². The van der Waals surface area contributed by atoms with E-state index in [1.165, 1.54) is 7.11 Å². The highest BCUT2D eigenvalue weighted by Crippen LogP contribution is 2.11. The molecule has 2 rings (SSSR count). The zero-order valence-corrected chi connectivity index (χ0v) is 10.4. The van der Waals surface area contributed by atoms with E-state index in [9.17, 15) is 9.59 Å². The van der Waals surface area contributed by atoms with Gasteiger partial charge in [0, 0.05) is 16.7 Å². The van der Waals surface area contributed by atoms with Gasteiger partial charge in [-0.3, -0.25) is 14.4 Å². The van der Waals surface area contributed by atoms with E-state index in [4.69, 9.17) is 0 Å². The fourth-order valence-corrected chi connectivity index (χ4v) is 1.71. The Morgan fingerprint density at radius 3 is 2.21 bits per heavy atom. The molecule has 0 aliphatic heterocycles. The maximum atomic E-state index is 12.2. The van der Waals surface area contributed by atoms with Crippen molar-refractivity contribution in [3.8, 4) is 0 Å². The molecule has 0 radical (unpaired) electrons. The Bertz CT molecular complexity index is 593. The van der Waals surface area contributed by atoms with Crippen LogP contribution in [0.1, 0.15) is 26.3 Å². The topological polar surface area (TPSA) is 55.4 Å². The number of ketones is 1. The maximum absolute atomic E-state index is 12.2. The molecule has 1 N–H and O–H groups in total. The molecule has 96 valence electrons. The van der Waals surface area contributed by atoms with Gasteiger partial charge in [0.05, 0.1) is 7.11 Å². The third kappa shape index (κ3) is 3.05. The highest BCUT2D eigenvalue weighted by atomic mass is 16.6. The van der Waals surface area contributed by atoms with Gasteiger partial charge < -0.3 is 0 Å². The third-order valence-electron chi connectivity index (χ3n) is 2.62. The fourth-order valence-electron chi connectivity index (χ4n) is 1.71. The summed E-state index contributed by atoms with van der Waals surface area (Å²) in [6.45, 7) is 0. The lowest BCUT2D eigenvalue weighted by Crippen LogP contribution is -2.22. The number of carbonyl (C=O) groups is 2. The molecule has 0 atom stereocenters. The van der Waals surface area contributed by atoms with Crippen LogP contribution in [0.15, 0.2) is 54.6 Å². The summed E-state index contributed by atoms with van der Waals surface area (Å²) in [6.07, 6.45) is 0. The Balaban J connectivity index is 2.29. The van der Waals surface area contributed by atoms with E-state index in [1.54, 1.807) is 48.5 Å². The minimum atomic E-state index is -0.384. The molecule has 0 aliphatic rings. The molecule has 0 aromatic heterocycles. The summed E-state index contributed by atoms with van der Waals surface area (Å²) in [5.74, 6) is -0.502. The van der Waals surface area contributed by atoms with E-state index < -0.39 is 0 Å². The second-order valence-electron chi connectivity index (χ2n) is 3.91. The van der Waals surface area contributed by atoms with Crippen LogP contribution >= 0.6 is 0 Å². The Hall–Kier alpha value is -2.46. The molecule has 0 fully saturated rings. The molecule has 0 saturated heterocycles. The van der Waals surface area contributed by atoms with Crippen molar-refractivity contribution in [1.29, 1.82) is 0 Å². The van der Waals surface area contributed by atoms with Crippen molar-refractivity contribution in [2.45, 2.75) is 0 Å². The summed E-state index contributed by atoms with van der Waals surface area (Å²) >= 11 is 0. The van der Waals surface area contributed by atoms with Crippen molar-refractivity contribution in [3.63, 3.8) is 0 Å². The van der Waals surface area contributed by atoms with Gasteiger partial charge in [0.2, 0.25) is 0 Å². The molecule has 0 saturated carbocycles. The number of benzene rings is 2. The molecular formula is C15H13NO3. The number of carbonyl (C=O) groups excluding carboxylic acids is 2. The normalized spacial score (nSPS) is 9.95. The zero-order chi connectivity index (χ0) is 13.7. The summed E-state index contributed by atoms with van der Waals surface area (Å²) in [7, 11) is 1.36. The van der Waals surface area contributed by atoms with Crippen LogP contribution in [0, 0.1) is 0 Å². The van der Waals surface area contributed by atoms with Crippen molar-refractivity contribution < 1.29 is 14.4 Å². The van der Waals surface area contributed by atoms with Crippen LogP contribution < -0.4 is 5.48 Å². The van der Waals surface area contributed by atoms with Gasteiger partial charge in [0.1, 0.15) is 0 Å². The van der Waals surface area contributed by atoms with E-state index in [0.29, 0.717) is 16.7 Å². The second-order valence-corrected chi connectivity index (χ2v) is 3.91. The molecule has 19 heavy (non-hydrogen) atoms. The highest BCUT2D eigenvalue weighted by Gasteiger charge is 2.11. The molecule has 0 spiro atoms. The number of hydroxylamine groups is 1. The van der Waals surface area contributed by atoms with Gasteiger partial charge in [-0.25, -0.2) is 5.48 Å². The third-order valence-corrected chi connectivity index (χ3v) is 2.62. The Morgan fingerprint density at radius 2 is 1.53 bits per heavy atom.